The van der Waals surface area contributed by atoms with E-state index in [1.807, 2.05) is 11.0 Å². The second kappa shape index (κ2) is 7.88. The summed E-state index contributed by atoms with van der Waals surface area (Å²) < 4.78 is 0. The number of nitrogens with zero attached hydrogens (tertiary/aromatic N) is 3. The predicted octanol–water partition coefficient (Wildman–Crippen LogP) is 3.44. The molecule has 0 saturated carbocycles. The minimum Gasteiger partial charge on any atom is -0.339 e. The summed E-state index contributed by atoms with van der Waals surface area (Å²) in [6.07, 6.45) is 7.58. The molecule has 0 bridgehead atoms. The third-order valence-electron chi connectivity index (χ3n) is 4.32. The van der Waals surface area contributed by atoms with Crippen LogP contribution in [0.2, 0.25) is 0 Å². The SMILES string of the molecule is CC(=O)c1cccc(Nc2ncc(C(=O)N3CCCCCC3)cn2)c1. The van der Waals surface area contributed by atoms with Crippen molar-refractivity contribution >= 4 is 23.3 Å². The average Bonchev–Trinajstić information content (AvgIpc) is 2.91. The van der Waals surface area contributed by atoms with Crippen LogP contribution in [0.3, 0.4) is 0 Å². The molecule has 1 aliphatic rings. The molecule has 0 aliphatic carbocycles. The Kier molecular flexibility index (Phi) is 5.38. The van der Waals surface area contributed by atoms with Crippen LogP contribution in [0.1, 0.15) is 53.3 Å². The zero-order valence-electron chi connectivity index (χ0n) is 14.4. The highest BCUT2D eigenvalue weighted by atomic mass is 16.2. The molecule has 1 amide bonds. The molecule has 1 N–H and O–H groups in total. The third-order valence-corrected chi connectivity index (χ3v) is 4.32. The molecule has 0 atom stereocenters. The van der Waals surface area contributed by atoms with Gasteiger partial charge in [0.2, 0.25) is 5.95 Å². The molecule has 2 aromatic rings. The van der Waals surface area contributed by atoms with E-state index in [1.54, 1.807) is 30.6 Å². The molecule has 1 saturated heterocycles. The van der Waals surface area contributed by atoms with E-state index in [0.29, 0.717) is 17.1 Å². The molecule has 6 nitrogen and oxygen atoms in total. The van der Waals surface area contributed by atoms with Gasteiger partial charge in [0.15, 0.2) is 5.78 Å². The predicted molar refractivity (Wildman–Crippen MR) is 96.1 cm³/mol. The van der Waals surface area contributed by atoms with E-state index in [9.17, 15) is 9.59 Å². The van der Waals surface area contributed by atoms with Crippen molar-refractivity contribution in [3.05, 3.63) is 47.8 Å². The van der Waals surface area contributed by atoms with Gasteiger partial charge in [-0.1, -0.05) is 25.0 Å². The van der Waals surface area contributed by atoms with Gasteiger partial charge in [0.1, 0.15) is 0 Å². The highest BCUT2D eigenvalue weighted by Gasteiger charge is 2.18. The molecule has 2 heterocycles. The van der Waals surface area contributed by atoms with Crippen molar-refractivity contribution in [3.63, 3.8) is 0 Å². The summed E-state index contributed by atoms with van der Waals surface area (Å²) in [7, 11) is 0. The van der Waals surface area contributed by atoms with Crippen LogP contribution in [0.5, 0.6) is 0 Å². The molecule has 130 valence electrons. The van der Waals surface area contributed by atoms with Crippen LogP contribution in [0.4, 0.5) is 11.6 Å². The quantitative estimate of drug-likeness (QED) is 0.864. The average molecular weight is 338 g/mol. The zero-order valence-corrected chi connectivity index (χ0v) is 14.4. The molecular formula is C19H22N4O2. The number of amides is 1. The molecule has 0 radical (unpaired) electrons. The maximum Gasteiger partial charge on any atom is 0.256 e. The van der Waals surface area contributed by atoms with E-state index in [0.717, 1.165) is 31.6 Å². The fourth-order valence-electron chi connectivity index (χ4n) is 2.90. The Hall–Kier alpha value is -2.76. The van der Waals surface area contributed by atoms with Crippen molar-refractivity contribution in [2.75, 3.05) is 18.4 Å². The van der Waals surface area contributed by atoms with Crippen LogP contribution in [-0.4, -0.2) is 39.6 Å². The minimum absolute atomic E-state index is 0.00274. The Labute approximate surface area is 147 Å². The number of Topliss-reactive ketones (excluding diaryl/α,β-unsaturated/α-hetero) is 1. The number of hydrogen-bond donors (Lipinski definition) is 1. The number of benzene rings is 1. The van der Waals surface area contributed by atoms with Crippen LogP contribution in [0.25, 0.3) is 0 Å². The lowest BCUT2D eigenvalue weighted by molar-refractivity contribution is 0.0760. The van der Waals surface area contributed by atoms with Gasteiger partial charge < -0.3 is 10.2 Å². The fraction of sp³-hybridized carbons (Fsp3) is 0.368. The molecule has 6 heteroatoms. The van der Waals surface area contributed by atoms with Gasteiger partial charge >= 0.3 is 0 Å². The topological polar surface area (TPSA) is 75.2 Å². The first kappa shape index (κ1) is 17.1. The first-order chi connectivity index (χ1) is 12.1. The summed E-state index contributed by atoms with van der Waals surface area (Å²) in [4.78, 5) is 34.3. The fourth-order valence-corrected chi connectivity index (χ4v) is 2.90. The van der Waals surface area contributed by atoms with Gasteiger partial charge in [0.05, 0.1) is 5.56 Å². The maximum atomic E-state index is 12.5. The van der Waals surface area contributed by atoms with Crippen LogP contribution in [-0.2, 0) is 0 Å². The lowest BCUT2D eigenvalue weighted by Gasteiger charge is -2.19. The van der Waals surface area contributed by atoms with Crippen molar-refractivity contribution in [3.8, 4) is 0 Å². The van der Waals surface area contributed by atoms with Gasteiger partial charge in [0, 0.05) is 36.7 Å². The Morgan fingerprint density at radius 2 is 1.68 bits per heavy atom. The lowest BCUT2D eigenvalue weighted by Crippen LogP contribution is -2.32. The number of nitrogens with one attached hydrogen (secondary N) is 1. The third kappa shape index (κ3) is 4.41. The van der Waals surface area contributed by atoms with Gasteiger partial charge in [0.25, 0.3) is 5.91 Å². The van der Waals surface area contributed by atoms with E-state index >= 15 is 0 Å². The number of carbonyl (C=O) groups excluding carboxylic acids is 2. The summed E-state index contributed by atoms with van der Waals surface area (Å²) in [5.74, 6) is 0.392. The minimum atomic E-state index is -0.00738. The van der Waals surface area contributed by atoms with Crippen molar-refractivity contribution in [2.24, 2.45) is 0 Å². The smallest absolute Gasteiger partial charge is 0.256 e. The summed E-state index contributed by atoms with van der Waals surface area (Å²) in [5, 5.41) is 3.06. The van der Waals surface area contributed by atoms with E-state index in [4.69, 9.17) is 0 Å². The second-order valence-electron chi connectivity index (χ2n) is 6.26. The van der Waals surface area contributed by atoms with Crippen LogP contribution >= 0.6 is 0 Å². The number of aromatic nitrogens is 2. The zero-order chi connectivity index (χ0) is 17.6. The Morgan fingerprint density at radius 1 is 1.00 bits per heavy atom. The van der Waals surface area contributed by atoms with Crippen LogP contribution in [0.15, 0.2) is 36.7 Å². The molecule has 1 aromatic carbocycles. The lowest BCUT2D eigenvalue weighted by atomic mass is 10.1. The van der Waals surface area contributed by atoms with E-state index in [-0.39, 0.29) is 11.7 Å². The van der Waals surface area contributed by atoms with Crippen molar-refractivity contribution in [1.82, 2.24) is 14.9 Å². The van der Waals surface area contributed by atoms with Crippen LogP contribution < -0.4 is 5.32 Å². The molecule has 25 heavy (non-hydrogen) atoms. The number of ketones is 1. The summed E-state index contributed by atoms with van der Waals surface area (Å²) in [6, 6.07) is 7.15. The largest absolute Gasteiger partial charge is 0.339 e. The molecule has 0 unspecified atom stereocenters. The first-order valence-corrected chi connectivity index (χ1v) is 8.63. The molecule has 0 spiro atoms. The molecule has 1 fully saturated rings. The molecule has 1 aromatic heterocycles. The van der Waals surface area contributed by atoms with Crippen molar-refractivity contribution in [1.29, 1.82) is 0 Å². The van der Waals surface area contributed by atoms with Crippen LogP contribution in [0, 0.1) is 0 Å². The van der Waals surface area contributed by atoms with E-state index in [1.165, 1.54) is 19.8 Å². The standard InChI is InChI=1S/C19H22N4O2/c1-14(24)15-7-6-8-17(11-15)22-19-20-12-16(13-21-19)18(25)23-9-4-2-3-5-10-23/h6-8,11-13H,2-5,9-10H2,1H3,(H,20,21,22). The van der Waals surface area contributed by atoms with Gasteiger partial charge in [-0.15, -0.1) is 0 Å². The molecule has 3 rings (SSSR count). The molecular weight excluding hydrogens is 316 g/mol. The number of rotatable bonds is 4. The van der Waals surface area contributed by atoms with Gasteiger partial charge in [-0.25, -0.2) is 9.97 Å². The number of carbonyl (C=O) groups is 2. The second-order valence-corrected chi connectivity index (χ2v) is 6.26. The Balaban J connectivity index is 1.68. The highest BCUT2D eigenvalue weighted by Crippen LogP contribution is 2.16. The first-order valence-electron chi connectivity index (χ1n) is 8.63. The van der Waals surface area contributed by atoms with E-state index < -0.39 is 0 Å². The van der Waals surface area contributed by atoms with Crippen molar-refractivity contribution in [2.45, 2.75) is 32.6 Å². The number of likely N-dealkylation sites (tertiary alicyclic amines) is 1. The van der Waals surface area contributed by atoms with Gasteiger partial charge in [-0.05, 0) is 31.9 Å². The van der Waals surface area contributed by atoms with Gasteiger partial charge in [-0.3, -0.25) is 9.59 Å². The maximum absolute atomic E-state index is 12.5. The monoisotopic (exact) mass is 338 g/mol. The summed E-state index contributed by atoms with van der Waals surface area (Å²) >= 11 is 0. The van der Waals surface area contributed by atoms with E-state index in [2.05, 4.69) is 15.3 Å². The summed E-state index contributed by atoms with van der Waals surface area (Å²) in [5.41, 5.74) is 1.86. The summed E-state index contributed by atoms with van der Waals surface area (Å²) in [6.45, 7) is 3.13. The Bertz CT molecular complexity index is 750. The molecule has 1 aliphatic heterocycles. The van der Waals surface area contributed by atoms with Crippen molar-refractivity contribution < 1.29 is 9.59 Å². The normalized spacial score (nSPS) is 14.7. The number of anilines is 2. The number of hydrogen-bond acceptors (Lipinski definition) is 5. The highest BCUT2D eigenvalue weighted by molar-refractivity contribution is 5.95. The Morgan fingerprint density at radius 3 is 2.32 bits per heavy atom. The van der Waals surface area contributed by atoms with Gasteiger partial charge in [-0.2, -0.15) is 0 Å².